The fourth-order valence-corrected chi connectivity index (χ4v) is 4.59. The number of hydrogen-bond acceptors (Lipinski definition) is 9. The van der Waals surface area contributed by atoms with Crippen LogP contribution in [0.5, 0.6) is 0 Å². The summed E-state index contributed by atoms with van der Waals surface area (Å²) in [6.07, 6.45) is 0.829. The number of cyclic esters (lactones) is 1. The van der Waals surface area contributed by atoms with Crippen molar-refractivity contribution in [1.29, 1.82) is 0 Å². The lowest BCUT2D eigenvalue weighted by Crippen LogP contribution is -2.46. The van der Waals surface area contributed by atoms with Gasteiger partial charge >= 0.3 is 11.1 Å². The van der Waals surface area contributed by atoms with Crippen molar-refractivity contribution in [3.8, 4) is 0 Å². The molecule has 170 valence electrons. The van der Waals surface area contributed by atoms with Gasteiger partial charge in [0.05, 0.1) is 29.9 Å². The van der Waals surface area contributed by atoms with Crippen LogP contribution in [0.3, 0.4) is 0 Å². The summed E-state index contributed by atoms with van der Waals surface area (Å²) >= 11 is 1.22. The van der Waals surface area contributed by atoms with Gasteiger partial charge in [-0.25, -0.2) is 9.78 Å². The highest BCUT2D eigenvalue weighted by Crippen LogP contribution is 2.26. The summed E-state index contributed by atoms with van der Waals surface area (Å²) in [5.41, 5.74) is 0.655. The van der Waals surface area contributed by atoms with E-state index in [-0.39, 0.29) is 28.5 Å². The fraction of sp³-hybridized carbons (Fsp3) is 0.450. The van der Waals surface area contributed by atoms with Crippen LogP contribution in [0, 0.1) is 10.1 Å². The molecule has 0 spiro atoms. The normalized spacial score (nSPS) is 19.2. The number of nitrogens with zero attached hydrogens (tertiary/aromatic N) is 5. The number of ether oxygens (including phenoxy) is 1. The fourth-order valence-electron chi connectivity index (χ4n) is 3.73. The quantitative estimate of drug-likeness (QED) is 0.491. The molecule has 2 aromatic heterocycles. The number of rotatable bonds is 7. The standard InChI is InChI=1S/C20H24N6O5S/c1-14(27)21-11-16-12-25(20(28)31-16)15-2-4-18(22-10-15)24-8-6-23(7-9-24)13-17-3-5-19(32-17)26(29)30/h2-5,10,16H,6-9,11-13H2,1H3,(H,21,27). The van der Waals surface area contributed by atoms with Gasteiger partial charge in [0.1, 0.15) is 11.9 Å². The van der Waals surface area contributed by atoms with Gasteiger partial charge in [0.25, 0.3) is 0 Å². The molecule has 2 fully saturated rings. The highest BCUT2D eigenvalue weighted by molar-refractivity contribution is 7.15. The largest absolute Gasteiger partial charge is 0.442 e. The number of piperazine rings is 1. The Balaban J connectivity index is 1.29. The van der Waals surface area contributed by atoms with Crippen molar-refractivity contribution in [1.82, 2.24) is 15.2 Å². The predicted octanol–water partition coefficient (Wildman–Crippen LogP) is 1.83. The Labute approximate surface area is 188 Å². The SMILES string of the molecule is CC(=O)NCC1CN(c2ccc(N3CCN(Cc4ccc([N+](=O)[O-])s4)CC3)nc2)C(=O)O1. The number of hydrogen-bond donors (Lipinski definition) is 1. The zero-order valence-corrected chi connectivity index (χ0v) is 18.4. The first-order valence-corrected chi connectivity index (χ1v) is 11.1. The molecule has 4 rings (SSSR count). The summed E-state index contributed by atoms with van der Waals surface area (Å²) in [4.78, 5) is 45.2. The minimum Gasteiger partial charge on any atom is -0.442 e. The van der Waals surface area contributed by atoms with Gasteiger partial charge in [0.2, 0.25) is 5.91 Å². The minimum atomic E-state index is -0.447. The molecule has 2 aromatic rings. The summed E-state index contributed by atoms with van der Waals surface area (Å²) in [6, 6.07) is 7.11. The van der Waals surface area contributed by atoms with Gasteiger partial charge in [0.15, 0.2) is 0 Å². The van der Waals surface area contributed by atoms with E-state index >= 15 is 0 Å². The lowest BCUT2D eigenvalue weighted by Gasteiger charge is -2.35. The molecule has 32 heavy (non-hydrogen) atoms. The lowest BCUT2D eigenvalue weighted by molar-refractivity contribution is -0.380. The van der Waals surface area contributed by atoms with E-state index in [0.29, 0.717) is 18.8 Å². The maximum atomic E-state index is 12.2. The first kappa shape index (κ1) is 22.0. The molecule has 12 heteroatoms. The third-order valence-electron chi connectivity index (χ3n) is 5.40. The van der Waals surface area contributed by atoms with Gasteiger partial charge < -0.3 is 15.0 Å². The van der Waals surface area contributed by atoms with Crippen molar-refractivity contribution in [2.45, 2.75) is 19.6 Å². The number of carbonyl (C=O) groups excluding carboxylic acids is 2. The third-order valence-corrected chi connectivity index (χ3v) is 6.42. The second-order valence-corrected chi connectivity index (χ2v) is 8.84. The molecule has 11 nitrogen and oxygen atoms in total. The van der Waals surface area contributed by atoms with Crippen LogP contribution in [-0.4, -0.2) is 72.2 Å². The van der Waals surface area contributed by atoms with Gasteiger partial charge in [-0.2, -0.15) is 0 Å². The summed E-state index contributed by atoms with van der Waals surface area (Å²) in [5.74, 6) is 0.671. The molecule has 0 radical (unpaired) electrons. The molecule has 2 amide bonds. The Hall–Kier alpha value is -3.25. The monoisotopic (exact) mass is 460 g/mol. The van der Waals surface area contributed by atoms with Crippen molar-refractivity contribution >= 4 is 39.8 Å². The molecule has 4 heterocycles. The molecule has 0 saturated carbocycles. The average Bonchev–Trinajstić information content (AvgIpc) is 3.40. The molecule has 1 unspecified atom stereocenters. The summed E-state index contributed by atoms with van der Waals surface area (Å²) < 4.78 is 5.29. The maximum absolute atomic E-state index is 12.2. The van der Waals surface area contributed by atoms with Crippen LogP contribution in [0.15, 0.2) is 30.5 Å². The highest BCUT2D eigenvalue weighted by Gasteiger charge is 2.32. The molecular weight excluding hydrogens is 436 g/mol. The van der Waals surface area contributed by atoms with E-state index in [1.54, 1.807) is 12.3 Å². The Morgan fingerprint density at radius 2 is 2.06 bits per heavy atom. The van der Waals surface area contributed by atoms with Gasteiger partial charge in [-0.1, -0.05) is 11.3 Å². The van der Waals surface area contributed by atoms with Crippen LogP contribution >= 0.6 is 11.3 Å². The first-order valence-electron chi connectivity index (χ1n) is 10.3. The van der Waals surface area contributed by atoms with Crippen LogP contribution in [0.2, 0.25) is 0 Å². The minimum absolute atomic E-state index is 0.165. The number of thiophene rings is 1. The molecular formula is C20H24N6O5S. The smallest absolute Gasteiger partial charge is 0.414 e. The molecule has 2 aliphatic heterocycles. The van der Waals surface area contributed by atoms with E-state index < -0.39 is 6.09 Å². The topological polar surface area (TPSA) is 121 Å². The zero-order chi connectivity index (χ0) is 22.7. The Bertz CT molecular complexity index is 989. The van der Waals surface area contributed by atoms with Crippen molar-refractivity contribution in [2.24, 2.45) is 0 Å². The van der Waals surface area contributed by atoms with E-state index in [0.717, 1.165) is 36.9 Å². The van der Waals surface area contributed by atoms with Crippen molar-refractivity contribution in [3.05, 3.63) is 45.5 Å². The maximum Gasteiger partial charge on any atom is 0.414 e. The van der Waals surface area contributed by atoms with Crippen molar-refractivity contribution < 1.29 is 19.2 Å². The molecule has 2 saturated heterocycles. The van der Waals surface area contributed by atoms with E-state index in [2.05, 4.69) is 20.1 Å². The van der Waals surface area contributed by atoms with E-state index in [9.17, 15) is 19.7 Å². The number of nitrogens with one attached hydrogen (secondary N) is 1. The van der Waals surface area contributed by atoms with Crippen molar-refractivity contribution in [2.75, 3.05) is 49.1 Å². The number of aromatic nitrogens is 1. The molecule has 0 bridgehead atoms. The molecule has 1 atom stereocenters. The van der Waals surface area contributed by atoms with Crippen LogP contribution in [0.4, 0.5) is 21.3 Å². The zero-order valence-electron chi connectivity index (χ0n) is 17.6. The van der Waals surface area contributed by atoms with Gasteiger partial charge in [-0.3, -0.25) is 24.7 Å². The average molecular weight is 461 g/mol. The van der Waals surface area contributed by atoms with Crippen LogP contribution in [-0.2, 0) is 16.1 Å². The molecule has 2 aliphatic rings. The van der Waals surface area contributed by atoms with E-state index in [1.807, 2.05) is 18.2 Å². The van der Waals surface area contributed by atoms with E-state index in [4.69, 9.17) is 4.74 Å². The number of pyridine rings is 1. The van der Waals surface area contributed by atoms with Gasteiger partial charge in [-0.05, 0) is 18.2 Å². The summed E-state index contributed by atoms with van der Waals surface area (Å²) in [6.45, 7) is 6.03. The van der Waals surface area contributed by atoms with Crippen LogP contribution < -0.4 is 15.1 Å². The second kappa shape index (κ2) is 9.49. The van der Waals surface area contributed by atoms with Crippen LogP contribution in [0.1, 0.15) is 11.8 Å². The van der Waals surface area contributed by atoms with Gasteiger partial charge in [0, 0.05) is 50.6 Å². The first-order chi connectivity index (χ1) is 15.4. The Morgan fingerprint density at radius 3 is 2.69 bits per heavy atom. The second-order valence-electron chi connectivity index (χ2n) is 7.69. The lowest BCUT2D eigenvalue weighted by atomic mass is 10.2. The van der Waals surface area contributed by atoms with Crippen LogP contribution in [0.25, 0.3) is 0 Å². The number of carbonyl (C=O) groups is 2. The number of anilines is 2. The number of nitro groups is 1. The molecule has 0 aromatic carbocycles. The summed E-state index contributed by atoms with van der Waals surface area (Å²) in [5, 5.41) is 13.7. The van der Waals surface area contributed by atoms with E-state index in [1.165, 1.54) is 23.2 Å². The number of amides is 2. The summed E-state index contributed by atoms with van der Waals surface area (Å²) in [7, 11) is 0. The predicted molar refractivity (Wildman–Crippen MR) is 119 cm³/mol. The molecule has 1 N–H and O–H groups in total. The Kier molecular flexibility index (Phi) is 6.51. The molecule has 0 aliphatic carbocycles. The highest BCUT2D eigenvalue weighted by atomic mass is 32.1. The van der Waals surface area contributed by atoms with Crippen molar-refractivity contribution in [3.63, 3.8) is 0 Å². The third kappa shape index (κ3) is 5.14. The Morgan fingerprint density at radius 1 is 1.28 bits per heavy atom. The van der Waals surface area contributed by atoms with Gasteiger partial charge in [-0.15, -0.1) is 0 Å².